The highest BCUT2D eigenvalue weighted by Crippen LogP contribution is 2.27. The summed E-state index contributed by atoms with van der Waals surface area (Å²) in [6, 6.07) is 21.2. The van der Waals surface area contributed by atoms with Crippen LogP contribution in [0.5, 0.6) is 0 Å². The van der Waals surface area contributed by atoms with E-state index in [0.717, 1.165) is 48.1 Å². The van der Waals surface area contributed by atoms with Gasteiger partial charge in [0.2, 0.25) is 11.8 Å². The molecule has 3 aromatic rings. The van der Waals surface area contributed by atoms with Crippen molar-refractivity contribution in [3.63, 3.8) is 0 Å². The number of likely N-dealkylation sites (N-methyl/N-ethyl adjacent to an activating group) is 1. The van der Waals surface area contributed by atoms with E-state index in [-0.39, 0.29) is 23.6 Å². The largest absolute Gasteiger partial charge is 0.352 e. The molecule has 3 amide bonds. The van der Waals surface area contributed by atoms with E-state index >= 15 is 0 Å². The molecule has 0 bridgehead atoms. The lowest BCUT2D eigenvalue weighted by Gasteiger charge is -2.22. The summed E-state index contributed by atoms with van der Waals surface area (Å²) in [6.07, 6.45) is 2.71. The molecule has 3 aromatic carbocycles. The highest BCUT2D eigenvalue weighted by Gasteiger charge is 2.31. The van der Waals surface area contributed by atoms with Gasteiger partial charge in [-0.25, -0.2) is 0 Å². The van der Waals surface area contributed by atoms with Crippen molar-refractivity contribution < 1.29 is 14.4 Å². The molecule has 36 heavy (non-hydrogen) atoms. The topological polar surface area (TPSA) is 73.0 Å². The maximum Gasteiger partial charge on any atom is 0.251 e. The van der Waals surface area contributed by atoms with Crippen LogP contribution in [0.25, 0.3) is 10.8 Å². The molecular weight excluding hydrogens is 452 g/mol. The summed E-state index contributed by atoms with van der Waals surface area (Å²) in [5.74, 6) is 0.0409. The number of hydrogen-bond acceptors (Lipinski definition) is 4. The van der Waals surface area contributed by atoms with E-state index < -0.39 is 0 Å². The average Bonchev–Trinajstić information content (AvgIpc) is 3.56. The van der Waals surface area contributed by atoms with Crippen molar-refractivity contribution in [3.05, 3.63) is 72.3 Å². The number of benzene rings is 3. The van der Waals surface area contributed by atoms with Gasteiger partial charge in [-0.1, -0.05) is 30.3 Å². The third-order valence-electron chi connectivity index (χ3n) is 7.25. The van der Waals surface area contributed by atoms with E-state index in [2.05, 4.69) is 10.2 Å². The van der Waals surface area contributed by atoms with E-state index in [1.54, 1.807) is 16.8 Å². The molecule has 5 rings (SSSR count). The first kappa shape index (κ1) is 24.0. The van der Waals surface area contributed by atoms with Gasteiger partial charge in [0.05, 0.1) is 6.54 Å². The molecule has 0 aromatic heterocycles. The summed E-state index contributed by atoms with van der Waals surface area (Å²) < 4.78 is 0. The van der Waals surface area contributed by atoms with Gasteiger partial charge in [-0.3, -0.25) is 19.3 Å². The molecule has 7 nitrogen and oxygen atoms in total. The maximum atomic E-state index is 12.7. The van der Waals surface area contributed by atoms with E-state index in [4.69, 9.17) is 0 Å². The number of hydrogen-bond donors (Lipinski definition) is 1. The van der Waals surface area contributed by atoms with Crippen molar-refractivity contribution >= 4 is 39.9 Å². The Labute approximate surface area is 211 Å². The fourth-order valence-corrected chi connectivity index (χ4v) is 5.08. The number of likely N-dealkylation sites (tertiary alicyclic amines) is 1. The Bertz CT molecular complexity index is 1270. The zero-order valence-corrected chi connectivity index (χ0v) is 20.7. The molecule has 2 aliphatic rings. The van der Waals surface area contributed by atoms with Crippen molar-refractivity contribution in [3.8, 4) is 0 Å². The van der Waals surface area contributed by atoms with Gasteiger partial charge >= 0.3 is 0 Å². The standard InChI is InChI=1S/C29H32N4O3/c1-31(28(35)20-32-14-4-5-15-32)25-10-12-26(13-11-25)33-19-21(16-27(33)34)18-30-29(36)24-9-8-22-6-2-3-7-23(22)17-24/h2-3,6-13,17,21H,4-5,14-16,18-20H2,1H3,(H,30,36). The number of anilines is 2. The molecule has 186 valence electrons. The Morgan fingerprint density at radius 1 is 0.972 bits per heavy atom. The summed E-state index contributed by atoms with van der Waals surface area (Å²) in [4.78, 5) is 43.7. The molecule has 1 atom stereocenters. The van der Waals surface area contributed by atoms with Gasteiger partial charge in [-0.15, -0.1) is 0 Å². The zero-order chi connectivity index (χ0) is 25.1. The van der Waals surface area contributed by atoms with Gasteiger partial charge in [-0.05, 0) is 73.1 Å². The minimum atomic E-state index is -0.127. The van der Waals surface area contributed by atoms with Gasteiger partial charge in [0.15, 0.2) is 0 Å². The van der Waals surface area contributed by atoms with Crippen LogP contribution in [0, 0.1) is 5.92 Å². The smallest absolute Gasteiger partial charge is 0.251 e. The number of amides is 3. The molecule has 0 aliphatic carbocycles. The lowest BCUT2D eigenvalue weighted by atomic mass is 10.1. The maximum absolute atomic E-state index is 12.7. The van der Waals surface area contributed by atoms with E-state index in [1.165, 1.54) is 0 Å². The summed E-state index contributed by atoms with van der Waals surface area (Å²) in [6.45, 7) is 3.41. The first-order valence-electron chi connectivity index (χ1n) is 12.6. The van der Waals surface area contributed by atoms with Crippen molar-refractivity contribution in [1.82, 2.24) is 10.2 Å². The highest BCUT2D eigenvalue weighted by atomic mass is 16.2. The van der Waals surface area contributed by atoms with Crippen LogP contribution < -0.4 is 15.1 Å². The van der Waals surface area contributed by atoms with E-state index in [0.29, 0.717) is 31.6 Å². The van der Waals surface area contributed by atoms with Crippen LogP contribution in [0.3, 0.4) is 0 Å². The van der Waals surface area contributed by atoms with Crippen LogP contribution in [-0.2, 0) is 9.59 Å². The summed E-state index contributed by atoms with van der Waals surface area (Å²) in [5.41, 5.74) is 2.25. The second-order valence-electron chi connectivity index (χ2n) is 9.80. The predicted molar refractivity (Wildman–Crippen MR) is 142 cm³/mol. The summed E-state index contributed by atoms with van der Waals surface area (Å²) in [5, 5.41) is 5.12. The SMILES string of the molecule is CN(C(=O)CN1CCCC1)c1ccc(N2CC(CNC(=O)c3ccc4ccccc4c3)CC2=O)cc1. The van der Waals surface area contributed by atoms with Gasteiger partial charge in [0.1, 0.15) is 0 Å². The average molecular weight is 485 g/mol. The number of carbonyl (C=O) groups excluding carboxylic acids is 3. The molecule has 1 N–H and O–H groups in total. The fourth-order valence-electron chi connectivity index (χ4n) is 5.08. The number of nitrogens with one attached hydrogen (secondary N) is 1. The minimum Gasteiger partial charge on any atom is -0.352 e. The molecule has 7 heteroatoms. The molecule has 1 unspecified atom stereocenters. The normalized spacial score (nSPS) is 18.1. The Kier molecular flexibility index (Phi) is 7.00. The van der Waals surface area contributed by atoms with Crippen LogP contribution in [0.2, 0.25) is 0 Å². The molecule has 0 saturated carbocycles. The minimum absolute atomic E-state index is 0.0474. The first-order valence-corrected chi connectivity index (χ1v) is 12.6. The first-order chi connectivity index (χ1) is 17.5. The third-order valence-corrected chi connectivity index (χ3v) is 7.25. The monoisotopic (exact) mass is 484 g/mol. The summed E-state index contributed by atoms with van der Waals surface area (Å²) in [7, 11) is 1.79. The number of fused-ring (bicyclic) bond motifs is 1. The van der Waals surface area contributed by atoms with Gasteiger partial charge in [0, 0.05) is 49.4 Å². The molecular formula is C29H32N4O3. The second kappa shape index (κ2) is 10.5. The molecule has 2 saturated heterocycles. The number of carbonyl (C=O) groups is 3. The Hall–Kier alpha value is -3.71. The van der Waals surface area contributed by atoms with E-state index in [1.807, 2.05) is 66.7 Å². The van der Waals surface area contributed by atoms with E-state index in [9.17, 15) is 14.4 Å². The lowest BCUT2D eigenvalue weighted by Crippen LogP contribution is -2.37. The second-order valence-corrected chi connectivity index (χ2v) is 9.80. The van der Waals surface area contributed by atoms with Crippen LogP contribution in [-0.4, -0.2) is 62.4 Å². The molecule has 2 heterocycles. The van der Waals surface area contributed by atoms with Gasteiger partial charge in [0.25, 0.3) is 5.91 Å². The molecule has 2 aliphatic heterocycles. The number of rotatable bonds is 7. The highest BCUT2D eigenvalue weighted by molar-refractivity contribution is 5.99. The molecule has 0 spiro atoms. The zero-order valence-electron chi connectivity index (χ0n) is 20.7. The fraction of sp³-hybridized carbons (Fsp3) is 0.345. The third kappa shape index (κ3) is 5.26. The predicted octanol–water partition coefficient (Wildman–Crippen LogP) is 3.68. The molecule has 2 fully saturated rings. The van der Waals surface area contributed by atoms with Gasteiger partial charge < -0.3 is 15.1 Å². The van der Waals surface area contributed by atoms with Gasteiger partial charge in [-0.2, -0.15) is 0 Å². The van der Waals surface area contributed by atoms with Crippen molar-refractivity contribution in [2.45, 2.75) is 19.3 Å². The number of nitrogens with zero attached hydrogens (tertiary/aromatic N) is 3. The van der Waals surface area contributed by atoms with Crippen molar-refractivity contribution in [1.29, 1.82) is 0 Å². The Morgan fingerprint density at radius 3 is 2.44 bits per heavy atom. The van der Waals surface area contributed by atoms with Crippen LogP contribution in [0.15, 0.2) is 66.7 Å². The lowest BCUT2D eigenvalue weighted by molar-refractivity contribution is -0.119. The molecule has 0 radical (unpaired) electrons. The Morgan fingerprint density at radius 2 is 1.69 bits per heavy atom. The van der Waals surface area contributed by atoms with Crippen molar-refractivity contribution in [2.75, 3.05) is 49.6 Å². The Balaban J connectivity index is 1.15. The van der Waals surface area contributed by atoms with Crippen LogP contribution in [0.1, 0.15) is 29.6 Å². The van der Waals surface area contributed by atoms with Crippen LogP contribution >= 0.6 is 0 Å². The van der Waals surface area contributed by atoms with Crippen molar-refractivity contribution in [2.24, 2.45) is 5.92 Å². The quantitative estimate of drug-likeness (QED) is 0.555. The van der Waals surface area contributed by atoms with Crippen LogP contribution in [0.4, 0.5) is 11.4 Å². The summed E-state index contributed by atoms with van der Waals surface area (Å²) >= 11 is 0.